The Bertz CT molecular complexity index is 6030. The van der Waals surface area contributed by atoms with E-state index in [-0.39, 0.29) is 60.3 Å². The third-order valence-electron chi connectivity index (χ3n) is 18.6. The van der Waals surface area contributed by atoms with E-state index in [0.29, 0.717) is 96.8 Å². The zero-order chi connectivity index (χ0) is 75.1. The standard InChI is InChI=1S/C18H14N2O2.C13H12N2O3.C12H7N3O.C12H10N2O2.C11H8N2O.C9H10N2O.C7H8N2O/c21-18-8-9-19-20-16-7-6-15(10-14(16)11-17(18)20)22-12-13-4-2-1-3-5-13;16-6-9-3-8-4-12-13(18)1-2-14-15(12)11(8)5-10(9)7-17;1-13-9-2-3-10-8(6-9)7-11-12(16)4-5-14-15(10)11;15-7-8-1-2-10-9(5-8)6-11-12(16)3-4-13-14(10)11;14-11-5-6-12-13-9-4-2-1-3-8(9)7-10(11)13;1-6-5-7(2)11-9(6)8(12)3-4-10-11;10-7-3-4-8-9-5-1-2-6(7)9/h1-7,9-11H,8,12H2;2-5,16-17H,1,6-7H2;2-3,5-7H,4H2;1-2,4-6,15H,3,7H2;1-4,6-7H,5H2;4-5H,3H2,1-2H3;1-2,5,8H,3-4H2. The number of aromatic nitrogens is 7. The highest BCUT2D eigenvalue weighted by Crippen LogP contribution is 2.32. The molecule has 20 rings (SSSR count). The number of carbonyl (C=O) groups is 7. The van der Waals surface area contributed by atoms with Gasteiger partial charge in [0.15, 0.2) is 46.2 Å². The molecule has 0 bridgehead atoms. The summed E-state index contributed by atoms with van der Waals surface area (Å²) in [4.78, 5) is 84.3. The number of nitrogens with one attached hydrogen (secondary N) is 1. The summed E-state index contributed by atoms with van der Waals surface area (Å²) >= 11 is 0. The number of ketones is 7. The van der Waals surface area contributed by atoms with Gasteiger partial charge in [-0.1, -0.05) is 60.7 Å². The Hall–Kier alpha value is -13.7. The first-order valence-electron chi connectivity index (χ1n) is 34.7. The summed E-state index contributed by atoms with van der Waals surface area (Å²) in [6, 6.07) is 53.0. The predicted octanol–water partition coefficient (Wildman–Crippen LogP) is 13.1. The summed E-state index contributed by atoms with van der Waals surface area (Å²) in [5.74, 6) is 1.58. The number of aryl methyl sites for hydroxylation is 2. The van der Waals surface area contributed by atoms with Gasteiger partial charge in [-0.3, -0.25) is 38.2 Å². The number of nitrogens with zero attached hydrogens (tertiary/aromatic N) is 14. The van der Waals surface area contributed by atoms with Crippen LogP contribution in [0.15, 0.2) is 207 Å². The van der Waals surface area contributed by atoms with Gasteiger partial charge in [0, 0.05) is 122 Å². The number of hydrogen-bond donors (Lipinski definition) is 4. The topological polar surface area (TPSA) is 314 Å². The molecule has 26 nitrogen and oxygen atoms in total. The van der Waals surface area contributed by atoms with Crippen molar-refractivity contribution in [2.45, 2.75) is 85.2 Å². The summed E-state index contributed by atoms with van der Waals surface area (Å²) in [6.45, 7) is 11.8. The average molecular weight is 1440 g/mol. The summed E-state index contributed by atoms with van der Waals surface area (Å²) in [7, 11) is 0. The molecule has 7 aliphatic rings. The highest BCUT2D eigenvalue weighted by atomic mass is 16.5. The van der Waals surface area contributed by atoms with Crippen molar-refractivity contribution in [1.82, 2.24) is 32.7 Å². The fourth-order valence-electron chi connectivity index (χ4n) is 13.3. The van der Waals surface area contributed by atoms with Crippen molar-refractivity contribution in [2.24, 2.45) is 30.6 Å². The number of benzene rings is 6. The van der Waals surface area contributed by atoms with Gasteiger partial charge in [0.25, 0.3) is 0 Å². The molecule has 7 aliphatic heterocycles. The summed E-state index contributed by atoms with van der Waals surface area (Å²) in [6.07, 6.45) is 14.5. The monoisotopic (exact) mass is 1440 g/mol. The van der Waals surface area contributed by atoms with Gasteiger partial charge in [0.2, 0.25) is 0 Å². The van der Waals surface area contributed by atoms with Crippen molar-refractivity contribution in [3.05, 3.63) is 261 Å². The quantitative estimate of drug-likeness (QED) is 0.113. The van der Waals surface area contributed by atoms with Crippen LogP contribution >= 0.6 is 0 Å². The molecule has 0 fully saturated rings. The van der Waals surface area contributed by atoms with E-state index in [0.717, 1.165) is 101 Å². The Labute approximate surface area is 615 Å². The molecule has 0 saturated carbocycles. The van der Waals surface area contributed by atoms with E-state index < -0.39 is 0 Å². The number of para-hydroxylation sites is 1. The highest BCUT2D eigenvalue weighted by molar-refractivity contribution is 6.11. The first kappa shape index (κ1) is 71.3. The van der Waals surface area contributed by atoms with Gasteiger partial charge in [-0.05, 0) is 156 Å². The molecular weight excluding hydrogens is 1370 g/mol. The van der Waals surface area contributed by atoms with Crippen molar-refractivity contribution in [3.8, 4) is 5.75 Å². The molecule has 108 heavy (non-hydrogen) atoms. The van der Waals surface area contributed by atoms with Crippen molar-refractivity contribution in [3.63, 3.8) is 0 Å². The van der Waals surface area contributed by atoms with Gasteiger partial charge in [0.1, 0.15) is 52.2 Å². The lowest BCUT2D eigenvalue weighted by molar-refractivity contribution is 0.0963. The molecule has 538 valence electrons. The zero-order valence-corrected chi connectivity index (χ0v) is 58.6. The van der Waals surface area contributed by atoms with Gasteiger partial charge in [-0.25, -0.2) is 32.9 Å². The number of fused-ring (bicyclic) bond motifs is 17. The zero-order valence-electron chi connectivity index (χ0n) is 58.6. The number of aliphatic hydroxyl groups is 3. The fourth-order valence-corrected chi connectivity index (χ4v) is 13.3. The van der Waals surface area contributed by atoms with Crippen LogP contribution in [-0.2, 0) is 26.4 Å². The molecule has 26 heteroatoms. The van der Waals surface area contributed by atoms with E-state index in [2.05, 4.69) is 40.9 Å². The third-order valence-corrected chi connectivity index (χ3v) is 18.6. The number of Topliss-reactive ketones (excluding diaryl/α,β-unsaturated/α-hetero) is 7. The van der Waals surface area contributed by atoms with E-state index in [4.69, 9.17) is 16.4 Å². The molecule has 6 aromatic carbocycles. The van der Waals surface area contributed by atoms with E-state index in [9.17, 15) is 43.8 Å². The molecule has 4 N–H and O–H groups in total. The number of carbonyl (C=O) groups excluding carboxylic acids is 7. The third kappa shape index (κ3) is 14.6. The molecule has 14 heterocycles. The number of rotatable bonds is 6. The van der Waals surface area contributed by atoms with Crippen molar-refractivity contribution in [2.75, 3.05) is 12.0 Å². The Morgan fingerprint density at radius 2 is 0.870 bits per heavy atom. The van der Waals surface area contributed by atoms with Gasteiger partial charge < -0.3 is 25.5 Å². The molecular formula is C82H69N15O11. The van der Waals surface area contributed by atoms with Crippen molar-refractivity contribution < 1.29 is 53.6 Å². The smallest absolute Gasteiger partial charge is 0.187 e. The number of ether oxygens (including phenoxy) is 1. The Kier molecular flexibility index (Phi) is 20.7. The molecule has 0 radical (unpaired) electrons. The maximum absolute atomic E-state index is 11.9. The van der Waals surface area contributed by atoms with Crippen molar-refractivity contribution in [1.29, 1.82) is 0 Å². The van der Waals surface area contributed by atoms with Gasteiger partial charge in [0.05, 0.1) is 54.0 Å². The lowest BCUT2D eigenvalue weighted by Crippen LogP contribution is -2.27. The van der Waals surface area contributed by atoms with Crippen molar-refractivity contribution >= 4 is 138 Å². The summed E-state index contributed by atoms with van der Waals surface area (Å²) < 4.78 is 17.6. The minimum Gasteiger partial charge on any atom is -0.489 e. The molecule has 0 saturated heterocycles. The van der Waals surface area contributed by atoms with E-state index >= 15 is 0 Å². The minimum atomic E-state index is -0.149. The average Bonchev–Trinajstić information content (AvgIpc) is 1.60. The van der Waals surface area contributed by atoms with Crippen LogP contribution in [0.4, 0.5) is 5.69 Å². The van der Waals surface area contributed by atoms with Gasteiger partial charge in [-0.15, -0.1) is 0 Å². The van der Waals surface area contributed by atoms with Crippen LogP contribution in [0.3, 0.4) is 0 Å². The van der Waals surface area contributed by atoms with Gasteiger partial charge in [-0.2, -0.15) is 30.6 Å². The summed E-state index contributed by atoms with van der Waals surface area (Å²) in [5.41, 5.74) is 18.0. The highest BCUT2D eigenvalue weighted by Gasteiger charge is 2.25. The van der Waals surface area contributed by atoms with Crippen LogP contribution in [0.25, 0.3) is 59.4 Å². The van der Waals surface area contributed by atoms with E-state index in [1.165, 1.54) is 0 Å². The van der Waals surface area contributed by atoms with Crippen LogP contribution in [-0.4, -0.2) is 132 Å². The molecule has 13 aromatic rings. The SMILES string of the molecule is Cc1cc(C)n2c1C(=O)CC=N2.O=C1CC=Nn2c1cc1cc(CO)c(CO)cc12.O=C1CC=Nn2c1cc1cc(CO)ccc12.O=C1CC=Nn2c1cc1cc(OCc3ccccc3)ccc12.O=C1CC=Nn2c1cc1ccccc12.O=C1CCNn2cccc21.[C-]#[N+]c1ccc2c(c1)cc1n2N=CCC1=O. The lowest BCUT2D eigenvalue weighted by atomic mass is 10.1. The number of hydrogen-bond acceptors (Lipinski definition) is 18. The van der Waals surface area contributed by atoms with Gasteiger partial charge >= 0.3 is 0 Å². The summed E-state index contributed by atoms with van der Waals surface area (Å²) in [5, 5.41) is 57.5. The first-order valence-corrected chi connectivity index (χ1v) is 34.7. The Morgan fingerprint density at radius 1 is 0.407 bits per heavy atom. The molecule has 0 spiro atoms. The fraction of sp³-hybridized carbons (Fsp3) is 0.171. The van der Waals surface area contributed by atoms with E-state index in [1.54, 1.807) is 106 Å². The molecule has 0 atom stereocenters. The second-order valence-electron chi connectivity index (χ2n) is 25.7. The second-order valence-corrected chi connectivity index (χ2v) is 25.7. The van der Waals surface area contributed by atoms with Crippen LogP contribution in [0.5, 0.6) is 5.75 Å². The Balaban J connectivity index is 0.000000107. The largest absolute Gasteiger partial charge is 0.489 e. The van der Waals surface area contributed by atoms with Crippen LogP contribution in [0.1, 0.15) is 152 Å². The first-order chi connectivity index (χ1) is 52.6. The Morgan fingerprint density at radius 3 is 1.41 bits per heavy atom. The molecule has 7 aromatic heterocycles. The minimum absolute atomic E-state index is 0.00761. The van der Waals surface area contributed by atoms with Crippen LogP contribution < -0.4 is 10.2 Å². The van der Waals surface area contributed by atoms with Crippen LogP contribution in [0.2, 0.25) is 0 Å². The maximum atomic E-state index is 11.9. The second kappa shape index (κ2) is 31.3. The molecule has 0 aliphatic carbocycles. The predicted molar refractivity (Wildman–Crippen MR) is 413 cm³/mol. The maximum Gasteiger partial charge on any atom is 0.187 e. The molecule has 0 unspecified atom stereocenters. The normalized spacial score (nSPS) is 14.4. The molecule has 0 amide bonds. The lowest BCUT2D eigenvalue weighted by Gasteiger charge is -2.15. The number of aliphatic hydroxyl groups excluding tert-OH is 3. The van der Waals surface area contributed by atoms with Crippen LogP contribution in [0, 0.1) is 20.4 Å². The van der Waals surface area contributed by atoms with E-state index in [1.807, 2.05) is 154 Å².